The number of halogens is 3. The number of thiazole rings is 1. The van der Waals surface area contributed by atoms with Gasteiger partial charge >= 0.3 is 6.18 Å². The first kappa shape index (κ1) is 26.2. The molecular formula is C27H28F3N5O2S. The third-order valence-electron chi connectivity index (χ3n) is 6.73. The van der Waals surface area contributed by atoms with Crippen LogP contribution in [0.15, 0.2) is 42.5 Å². The number of nitrogens with two attached hydrogens (primary N) is 1. The van der Waals surface area contributed by atoms with Gasteiger partial charge in [0.1, 0.15) is 5.75 Å². The minimum atomic E-state index is -4.56. The molecule has 2 N–H and O–H groups in total. The molecule has 1 saturated heterocycles. The quantitative estimate of drug-likeness (QED) is 0.341. The van der Waals surface area contributed by atoms with E-state index in [1.54, 1.807) is 12.0 Å². The molecule has 4 aromatic rings. The molecule has 1 aliphatic heterocycles. The number of alkyl halides is 3. The summed E-state index contributed by atoms with van der Waals surface area (Å²) in [5.41, 5.74) is 7.11. The van der Waals surface area contributed by atoms with Gasteiger partial charge in [-0.1, -0.05) is 37.3 Å². The molecule has 11 heteroatoms. The highest BCUT2D eigenvalue weighted by Gasteiger charge is 2.33. The number of hydrogen-bond acceptors (Lipinski definition) is 6. The summed E-state index contributed by atoms with van der Waals surface area (Å²) in [5.74, 6) is 0.401. The summed E-state index contributed by atoms with van der Waals surface area (Å²) < 4.78 is 47.7. The lowest BCUT2D eigenvalue weighted by molar-refractivity contribution is -0.137. The third-order valence-corrected chi connectivity index (χ3v) is 8.06. The fourth-order valence-corrected chi connectivity index (χ4v) is 5.69. The molecule has 7 nitrogen and oxygen atoms in total. The lowest BCUT2D eigenvalue weighted by Gasteiger charge is -2.29. The van der Waals surface area contributed by atoms with Gasteiger partial charge in [0.25, 0.3) is 5.91 Å². The average Bonchev–Trinajstić information content (AvgIpc) is 3.50. The molecule has 2 aromatic carbocycles. The number of likely N-dealkylation sites (tertiary alicyclic amines) is 1. The third kappa shape index (κ3) is 4.88. The molecule has 0 bridgehead atoms. The van der Waals surface area contributed by atoms with Crippen molar-refractivity contribution in [1.82, 2.24) is 19.7 Å². The standard InChI is InChI=1S/C27H28F3N5O2S/c1-15(2)24-22(16-5-4-6-19(13-16)37-3)32-26(38-24)35-21-8-7-17(27(28,29)30)14-20(21)23(33-35)25(36)34-11-9-18(31)10-12-34/h4-8,13-15,18H,9-12,31H2,1-3H3. The van der Waals surface area contributed by atoms with Gasteiger partial charge in [0, 0.05) is 35.0 Å². The first-order valence-corrected chi connectivity index (χ1v) is 13.2. The number of piperidine rings is 1. The topological polar surface area (TPSA) is 86.3 Å². The fraction of sp³-hybridized carbons (Fsp3) is 0.370. The summed E-state index contributed by atoms with van der Waals surface area (Å²) in [7, 11) is 1.59. The van der Waals surface area contributed by atoms with E-state index >= 15 is 0 Å². The van der Waals surface area contributed by atoms with Crippen LogP contribution in [0.1, 0.15) is 53.5 Å². The lowest BCUT2D eigenvalue weighted by Crippen LogP contribution is -2.43. The van der Waals surface area contributed by atoms with Gasteiger partial charge < -0.3 is 15.4 Å². The van der Waals surface area contributed by atoms with Gasteiger partial charge in [-0.3, -0.25) is 4.79 Å². The molecule has 1 fully saturated rings. The number of benzene rings is 2. The Labute approximate surface area is 222 Å². The van der Waals surface area contributed by atoms with E-state index < -0.39 is 17.6 Å². The van der Waals surface area contributed by atoms with Crippen molar-refractivity contribution in [2.24, 2.45) is 5.73 Å². The maximum atomic E-state index is 13.6. The Morgan fingerprint density at radius 1 is 1.16 bits per heavy atom. The van der Waals surface area contributed by atoms with Crippen LogP contribution in [0.5, 0.6) is 5.75 Å². The van der Waals surface area contributed by atoms with Crippen molar-refractivity contribution >= 4 is 28.1 Å². The molecule has 2 aromatic heterocycles. The number of nitrogens with zero attached hydrogens (tertiary/aromatic N) is 4. The summed E-state index contributed by atoms with van der Waals surface area (Å²) in [6.07, 6.45) is -3.29. The van der Waals surface area contributed by atoms with Crippen LogP contribution in [-0.2, 0) is 6.18 Å². The molecule has 0 saturated carbocycles. The van der Waals surface area contributed by atoms with Crippen LogP contribution in [0.3, 0.4) is 0 Å². The second-order valence-electron chi connectivity index (χ2n) is 9.72. The maximum absolute atomic E-state index is 13.6. The summed E-state index contributed by atoms with van der Waals surface area (Å²) in [5, 5.41) is 5.18. The van der Waals surface area contributed by atoms with Crippen molar-refractivity contribution in [2.45, 2.75) is 44.8 Å². The highest BCUT2D eigenvalue weighted by molar-refractivity contribution is 7.14. The minimum Gasteiger partial charge on any atom is -0.497 e. The van der Waals surface area contributed by atoms with Crippen LogP contribution in [0, 0.1) is 0 Å². The number of aromatic nitrogens is 3. The van der Waals surface area contributed by atoms with E-state index in [0.29, 0.717) is 42.3 Å². The highest BCUT2D eigenvalue weighted by atomic mass is 32.1. The fourth-order valence-electron chi connectivity index (χ4n) is 4.63. The van der Waals surface area contributed by atoms with Crippen molar-refractivity contribution < 1.29 is 22.7 Å². The number of amides is 1. The molecule has 0 aliphatic carbocycles. The van der Waals surface area contributed by atoms with Gasteiger partial charge in [-0.25, -0.2) is 9.67 Å². The molecule has 0 spiro atoms. The zero-order valence-corrected chi connectivity index (χ0v) is 22.1. The monoisotopic (exact) mass is 543 g/mol. The molecule has 5 rings (SSSR count). The molecule has 1 amide bonds. The van der Waals surface area contributed by atoms with Crippen molar-refractivity contribution in [1.29, 1.82) is 0 Å². The van der Waals surface area contributed by atoms with Crippen LogP contribution in [-0.4, -0.2) is 51.8 Å². The Morgan fingerprint density at radius 3 is 2.55 bits per heavy atom. The van der Waals surface area contributed by atoms with Crippen LogP contribution in [0.25, 0.3) is 27.3 Å². The van der Waals surface area contributed by atoms with Crippen LogP contribution in [0.2, 0.25) is 0 Å². The Morgan fingerprint density at radius 2 is 1.89 bits per heavy atom. The second-order valence-corrected chi connectivity index (χ2v) is 10.7. The summed E-state index contributed by atoms with van der Waals surface area (Å²) in [6, 6.07) is 10.9. The van der Waals surface area contributed by atoms with Crippen molar-refractivity contribution in [3.8, 4) is 22.1 Å². The number of ether oxygens (including phenoxy) is 1. The zero-order valence-electron chi connectivity index (χ0n) is 21.2. The van der Waals surface area contributed by atoms with E-state index in [9.17, 15) is 18.0 Å². The van der Waals surface area contributed by atoms with E-state index in [1.807, 2.05) is 38.1 Å². The van der Waals surface area contributed by atoms with Gasteiger partial charge in [-0.15, -0.1) is 0 Å². The summed E-state index contributed by atoms with van der Waals surface area (Å²) in [4.78, 5) is 21.0. The first-order chi connectivity index (χ1) is 18.1. The van der Waals surface area contributed by atoms with Crippen LogP contribution >= 0.6 is 11.3 Å². The molecule has 0 radical (unpaired) electrons. The number of methoxy groups -OCH3 is 1. The molecule has 0 atom stereocenters. The van der Waals surface area contributed by atoms with Gasteiger partial charge in [0.2, 0.25) is 5.13 Å². The normalized spacial score (nSPS) is 15.0. The zero-order chi connectivity index (χ0) is 27.2. The molecular weight excluding hydrogens is 515 g/mol. The Kier molecular flexibility index (Phi) is 6.91. The number of fused-ring (bicyclic) bond motifs is 1. The largest absolute Gasteiger partial charge is 0.497 e. The van der Waals surface area contributed by atoms with Crippen LogP contribution in [0.4, 0.5) is 13.2 Å². The average molecular weight is 544 g/mol. The molecule has 200 valence electrons. The molecule has 0 unspecified atom stereocenters. The van der Waals surface area contributed by atoms with E-state index in [1.165, 1.54) is 22.1 Å². The Hall–Kier alpha value is -3.44. The molecule has 1 aliphatic rings. The molecule has 3 heterocycles. The number of carbonyl (C=O) groups excluding carboxylic acids is 1. The number of hydrogen-bond donors (Lipinski definition) is 1. The van der Waals surface area contributed by atoms with Gasteiger partial charge in [-0.2, -0.15) is 18.3 Å². The highest BCUT2D eigenvalue weighted by Crippen LogP contribution is 2.39. The van der Waals surface area contributed by atoms with Crippen LogP contribution < -0.4 is 10.5 Å². The van der Waals surface area contributed by atoms with Gasteiger partial charge in [0.05, 0.1) is 23.9 Å². The number of carbonyl (C=O) groups is 1. The van der Waals surface area contributed by atoms with E-state index in [2.05, 4.69) is 5.10 Å². The van der Waals surface area contributed by atoms with Crippen molar-refractivity contribution in [2.75, 3.05) is 20.2 Å². The Bertz CT molecular complexity index is 1490. The smallest absolute Gasteiger partial charge is 0.416 e. The van der Waals surface area contributed by atoms with E-state index in [-0.39, 0.29) is 23.0 Å². The van der Waals surface area contributed by atoms with Crippen molar-refractivity contribution in [3.63, 3.8) is 0 Å². The Balaban J connectivity index is 1.67. The van der Waals surface area contributed by atoms with E-state index in [0.717, 1.165) is 28.3 Å². The second kappa shape index (κ2) is 10.0. The predicted molar refractivity (Wildman–Crippen MR) is 141 cm³/mol. The summed E-state index contributed by atoms with van der Waals surface area (Å²) in [6.45, 7) is 4.96. The van der Waals surface area contributed by atoms with Gasteiger partial charge in [0.15, 0.2) is 5.69 Å². The minimum absolute atomic E-state index is 0.00462. The number of rotatable bonds is 5. The van der Waals surface area contributed by atoms with Gasteiger partial charge in [-0.05, 0) is 49.1 Å². The lowest BCUT2D eigenvalue weighted by atomic mass is 10.0. The SMILES string of the molecule is COc1cccc(-c2nc(-n3nc(C(=O)N4CCC(N)CC4)c4cc(C(F)(F)F)ccc43)sc2C(C)C)c1. The summed E-state index contributed by atoms with van der Waals surface area (Å²) >= 11 is 1.40. The maximum Gasteiger partial charge on any atom is 0.416 e. The first-order valence-electron chi connectivity index (χ1n) is 12.4. The van der Waals surface area contributed by atoms with E-state index in [4.69, 9.17) is 15.5 Å². The van der Waals surface area contributed by atoms with Crippen molar-refractivity contribution in [3.05, 3.63) is 58.6 Å². The predicted octanol–water partition coefficient (Wildman–Crippen LogP) is 5.86. The molecule has 38 heavy (non-hydrogen) atoms.